The van der Waals surface area contributed by atoms with Crippen molar-refractivity contribution >= 4 is 17.1 Å². The van der Waals surface area contributed by atoms with Gasteiger partial charge in [0, 0.05) is 11.9 Å². The minimum Gasteiger partial charge on any atom is -0.465 e. The SMILES string of the molecule is Cc1cc2cccc(CCNC(=O)O)c2o1. The summed E-state index contributed by atoms with van der Waals surface area (Å²) in [5.74, 6) is 0.869. The first-order chi connectivity index (χ1) is 7.66. The quantitative estimate of drug-likeness (QED) is 0.833. The van der Waals surface area contributed by atoms with E-state index in [1.807, 2.05) is 31.2 Å². The summed E-state index contributed by atoms with van der Waals surface area (Å²) in [4.78, 5) is 10.3. The Labute approximate surface area is 92.9 Å². The lowest BCUT2D eigenvalue weighted by molar-refractivity contribution is 0.194. The standard InChI is InChI=1S/C12H13NO3/c1-8-7-10-4-2-3-9(11(10)16-8)5-6-13-12(14)15/h2-4,7,13H,5-6H2,1H3,(H,14,15). The molecule has 0 aliphatic rings. The van der Waals surface area contributed by atoms with Crippen molar-refractivity contribution in [3.8, 4) is 0 Å². The average molecular weight is 219 g/mol. The van der Waals surface area contributed by atoms with Crippen molar-refractivity contribution in [2.75, 3.05) is 6.54 Å². The van der Waals surface area contributed by atoms with Crippen LogP contribution in [0.4, 0.5) is 4.79 Å². The van der Waals surface area contributed by atoms with E-state index in [0.29, 0.717) is 13.0 Å². The first-order valence-corrected chi connectivity index (χ1v) is 5.11. The molecule has 0 saturated heterocycles. The molecule has 4 heteroatoms. The molecule has 0 radical (unpaired) electrons. The Morgan fingerprint density at radius 3 is 3.06 bits per heavy atom. The highest BCUT2D eigenvalue weighted by molar-refractivity contribution is 5.81. The van der Waals surface area contributed by atoms with Crippen molar-refractivity contribution in [2.45, 2.75) is 13.3 Å². The molecule has 84 valence electrons. The minimum absolute atomic E-state index is 0.397. The van der Waals surface area contributed by atoms with E-state index in [2.05, 4.69) is 5.32 Å². The molecule has 0 unspecified atom stereocenters. The van der Waals surface area contributed by atoms with E-state index in [-0.39, 0.29) is 0 Å². The van der Waals surface area contributed by atoms with Gasteiger partial charge in [0.05, 0.1) is 0 Å². The maximum absolute atomic E-state index is 10.3. The Hall–Kier alpha value is -1.97. The van der Waals surface area contributed by atoms with Gasteiger partial charge in [0.25, 0.3) is 0 Å². The van der Waals surface area contributed by atoms with Crippen molar-refractivity contribution in [1.82, 2.24) is 5.32 Å². The van der Waals surface area contributed by atoms with Crippen molar-refractivity contribution in [3.63, 3.8) is 0 Å². The molecule has 4 nitrogen and oxygen atoms in total. The van der Waals surface area contributed by atoms with Gasteiger partial charge in [0.2, 0.25) is 0 Å². The highest BCUT2D eigenvalue weighted by Crippen LogP contribution is 2.22. The lowest BCUT2D eigenvalue weighted by Crippen LogP contribution is -2.23. The van der Waals surface area contributed by atoms with E-state index in [4.69, 9.17) is 9.52 Å². The molecule has 0 spiro atoms. The van der Waals surface area contributed by atoms with E-state index < -0.39 is 6.09 Å². The number of nitrogens with one attached hydrogen (secondary N) is 1. The molecule has 1 heterocycles. The maximum atomic E-state index is 10.3. The first kappa shape index (κ1) is 10.5. The molecule has 16 heavy (non-hydrogen) atoms. The number of aryl methyl sites for hydroxylation is 1. The number of rotatable bonds is 3. The third-order valence-corrected chi connectivity index (χ3v) is 2.42. The van der Waals surface area contributed by atoms with Gasteiger partial charge >= 0.3 is 6.09 Å². The van der Waals surface area contributed by atoms with E-state index in [9.17, 15) is 4.79 Å². The Balaban J connectivity index is 2.20. The van der Waals surface area contributed by atoms with Crippen molar-refractivity contribution in [3.05, 3.63) is 35.6 Å². The smallest absolute Gasteiger partial charge is 0.404 e. The summed E-state index contributed by atoms with van der Waals surface area (Å²) < 4.78 is 5.58. The van der Waals surface area contributed by atoms with Gasteiger partial charge in [0.15, 0.2) is 0 Å². The third-order valence-electron chi connectivity index (χ3n) is 2.42. The lowest BCUT2D eigenvalue weighted by Gasteiger charge is -2.02. The lowest BCUT2D eigenvalue weighted by atomic mass is 10.1. The van der Waals surface area contributed by atoms with Gasteiger partial charge < -0.3 is 14.8 Å². The molecule has 1 amide bonds. The molecule has 0 aliphatic heterocycles. The minimum atomic E-state index is -0.997. The van der Waals surface area contributed by atoms with Gasteiger partial charge in [-0.3, -0.25) is 0 Å². The molecule has 0 atom stereocenters. The van der Waals surface area contributed by atoms with Crippen LogP contribution in [0.2, 0.25) is 0 Å². The number of furan rings is 1. The number of hydrogen-bond acceptors (Lipinski definition) is 2. The number of para-hydroxylation sites is 1. The summed E-state index contributed by atoms with van der Waals surface area (Å²) >= 11 is 0. The van der Waals surface area contributed by atoms with Crippen molar-refractivity contribution in [2.24, 2.45) is 0 Å². The fourth-order valence-corrected chi connectivity index (χ4v) is 1.75. The van der Waals surface area contributed by atoms with E-state index in [1.165, 1.54) is 0 Å². The van der Waals surface area contributed by atoms with Crippen LogP contribution in [-0.2, 0) is 6.42 Å². The van der Waals surface area contributed by atoms with E-state index in [1.54, 1.807) is 0 Å². The van der Waals surface area contributed by atoms with Gasteiger partial charge in [-0.1, -0.05) is 18.2 Å². The highest BCUT2D eigenvalue weighted by Gasteiger charge is 2.06. The molecule has 1 aromatic carbocycles. The number of carbonyl (C=O) groups is 1. The number of carboxylic acid groups (broad SMARTS) is 1. The van der Waals surface area contributed by atoms with Crippen LogP contribution < -0.4 is 5.32 Å². The van der Waals surface area contributed by atoms with Crippen LogP contribution in [0.3, 0.4) is 0 Å². The second-order valence-electron chi connectivity index (χ2n) is 3.67. The van der Waals surface area contributed by atoms with Crippen LogP contribution >= 0.6 is 0 Å². The monoisotopic (exact) mass is 219 g/mol. The van der Waals surface area contributed by atoms with Crippen molar-refractivity contribution < 1.29 is 14.3 Å². The zero-order valence-electron chi connectivity index (χ0n) is 8.99. The molecule has 0 saturated carbocycles. The van der Waals surface area contributed by atoms with Crippen LogP contribution in [0.25, 0.3) is 11.0 Å². The number of amides is 1. The molecule has 2 rings (SSSR count). The fourth-order valence-electron chi connectivity index (χ4n) is 1.75. The summed E-state index contributed by atoms with van der Waals surface area (Å²) in [5.41, 5.74) is 1.88. The summed E-state index contributed by atoms with van der Waals surface area (Å²) in [6, 6.07) is 7.87. The third kappa shape index (κ3) is 2.16. The zero-order chi connectivity index (χ0) is 11.5. The summed E-state index contributed by atoms with van der Waals surface area (Å²) in [6.45, 7) is 2.30. The number of hydrogen-bond donors (Lipinski definition) is 2. The van der Waals surface area contributed by atoms with Crippen LogP contribution in [0.15, 0.2) is 28.7 Å². The summed E-state index contributed by atoms with van der Waals surface area (Å²) in [6.07, 6.45) is -0.362. The molecule has 2 aromatic rings. The molecular weight excluding hydrogens is 206 g/mol. The van der Waals surface area contributed by atoms with Crippen molar-refractivity contribution in [1.29, 1.82) is 0 Å². The molecule has 0 bridgehead atoms. The normalized spacial score (nSPS) is 10.6. The predicted octanol–water partition coefficient (Wildman–Crippen LogP) is 2.55. The van der Waals surface area contributed by atoms with E-state index >= 15 is 0 Å². The predicted molar refractivity (Wildman–Crippen MR) is 60.7 cm³/mol. The summed E-state index contributed by atoms with van der Waals surface area (Å²) in [7, 11) is 0. The fraction of sp³-hybridized carbons (Fsp3) is 0.250. The Bertz CT molecular complexity index is 516. The Morgan fingerprint density at radius 2 is 2.31 bits per heavy atom. The van der Waals surface area contributed by atoms with Gasteiger partial charge in [-0.15, -0.1) is 0 Å². The van der Waals surface area contributed by atoms with Crippen LogP contribution in [0.1, 0.15) is 11.3 Å². The number of benzene rings is 1. The molecular formula is C12H13NO3. The van der Waals surface area contributed by atoms with Crippen LogP contribution in [0.5, 0.6) is 0 Å². The van der Waals surface area contributed by atoms with Crippen LogP contribution in [0, 0.1) is 6.92 Å². The van der Waals surface area contributed by atoms with Gasteiger partial charge in [0.1, 0.15) is 11.3 Å². The maximum Gasteiger partial charge on any atom is 0.404 e. The molecule has 0 fully saturated rings. The first-order valence-electron chi connectivity index (χ1n) is 5.11. The highest BCUT2D eigenvalue weighted by atomic mass is 16.4. The molecule has 1 aromatic heterocycles. The average Bonchev–Trinajstić information content (AvgIpc) is 2.58. The largest absolute Gasteiger partial charge is 0.465 e. The van der Waals surface area contributed by atoms with Crippen LogP contribution in [-0.4, -0.2) is 17.7 Å². The molecule has 0 aliphatic carbocycles. The topological polar surface area (TPSA) is 62.5 Å². The van der Waals surface area contributed by atoms with Gasteiger partial charge in [-0.05, 0) is 25.0 Å². The second-order valence-corrected chi connectivity index (χ2v) is 3.67. The van der Waals surface area contributed by atoms with Gasteiger partial charge in [-0.25, -0.2) is 4.79 Å². The summed E-state index contributed by atoms with van der Waals surface area (Å²) in [5, 5.41) is 11.9. The number of fused-ring (bicyclic) bond motifs is 1. The Morgan fingerprint density at radius 1 is 1.50 bits per heavy atom. The second kappa shape index (κ2) is 4.26. The van der Waals surface area contributed by atoms with E-state index in [0.717, 1.165) is 22.3 Å². The van der Waals surface area contributed by atoms with Gasteiger partial charge in [-0.2, -0.15) is 0 Å². The Kier molecular flexibility index (Phi) is 2.81. The zero-order valence-corrected chi connectivity index (χ0v) is 8.99. The molecule has 2 N–H and O–H groups in total.